The molecule has 1 atom stereocenters. The van der Waals surface area contributed by atoms with Crippen molar-refractivity contribution in [1.29, 1.82) is 0 Å². The Hall–Kier alpha value is -0.0966. The summed E-state index contributed by atoms with van der Waals surface area (Å²) in [4.78, 5) is 8.47. The van der Waals surface area contributed by atoms with Gasteiger partial charge in [-0.15, -0.1) is 6.42 Å². The van der Waals surface area contributed by atoms with Gasteiger partial charge < -0.3 is 6.92 Å². The van der Waals surface area contributed by atoms with E-state index in [1.165, 1.54) is 6.16 Å². The Balaban J connectivity index is 0. The van der Waals surface area contributed by atoms with Crippen molar-refractivity contribution in [2.45, 2.75) is 13.3 Å². The maximum absolute atomic E-state index is 10.3. The first kappa shape index (κ1) is 16.3. The van der Waals surface area contributed by atoms with Gasteiger partial charge in [-0.2, -0.15) is 11.8 Å². The molecule has 0 radical (unpaired) electrons. The van der Waals surface area contributed by atoms with Crippen LogP contribution in [0.1, 0.15) is 12.5 Å². The molecule has 0 aliphatic heterocycles. The van der Waals surface area contributed by atoms with Crippen LogP contribution in [-0.2, 0) is 30.5 Å². The average molecular weight is 263 g/mol. The van der Waals surface area contributed by atoms with Crippen LogP contribution in [0.2, 0.25) is 0 Å². The number of hydrogen-bond donors (Lipinski definition) is 1. The van der Waals surface area contributed by atoms with Crippen molar-refractivity contribution in [3.05, 3.63) is 49.0 Å². The molecule has 2 nitrogen and oxygen atoms in total. The molecule has 14 heavy (non-hydrogen) atoms. The largest absolute Gasteiger partial charge is 2.00 e. The molecule has 1 unspecified atom stereocenters. The molecule has 0 spiro atoms. The van der Waals surface area contributed by atoms with Crippen molar-refractivity contribution in [3.63, 3.8) is 0 Å². The van der Waals surface area contributed by atoms with Gasteiger partial charge in [0.15, 0.2) is 0 Å². The van der Waals surface area contributed by atoms with E-state index in [1.807, 2.05) is 30.3 Å². The molecule has 0 saturated carbocycles. The van der Waals surface area contributed by atoms with Crippen molar-refractivity contribution in [2.75, 3.05) is 0 Å². The van der Waals surface area contributed by atoms with E-state index in [1.54, 1.807) is 6.92 Å². The van der Waals surface area contributed by atoms with Crippen LogP contribution in [0.5, 0.6) is 0 Å². The molecule has 72 valence electrons. The normalized spacial score (nSPS) is 9.21. The summed E-state index contributed by atoms with van der Waals surface area (Å²) in [5.74, 6) is 0. The Morgan fingerprint density at radius 1 is 1.36 bits per heavy atom. The Kier molecular flexibility index (Phi) is 12.8. The molecule has 1 rings (SSSR count). The van der Waals surface area contributed by atoms with Crippen LogP contribution in [0.15, 0.2) is 30.3 Å². The molecule has 0 aliphatic rings. The van der Waals surface area contributed by atoms with E-state index >= 15 is 0 Å². The molecule has 0 aromatic heterocycles. The first-order valence-electron chi connectivity index (χ1n) is 4.02. The average Bonchev–Trinajstić information content (AvgIpc) is 2.19. The topological polar surface area (TPSA) is 37.3 Å². The van der Waals surface area contributed by atoms with E-state index in [0.29, 0.717) is 6.42 Å². The van der Waals surface area contributed by atoms with Gasteiger partial charge in [-0.3, -0.25) is 0 Å². The van der Waals surface area contributed by atoms with E-state index in [2.05, 4.69) is 6.92 Å². The van der Waals surface area contributed by atoms with Gasteiger partial charge in [-0.1, -0.05) is 40.5 Å². The van der Waals surface area contributed by atoms with Crippen LogP contribution in [0.25, 0.3) is 0 Å². The standard InChI is InChI=1S/C8H9O2P.C2H5.Zn/c9-11(10)7-6-8-4-2-1-3-5-8;1-2;/h1-5,7H,6H2,(H,9,10);1H2,2H3;/q;-1;+2. The van der Waals surface area contributed by atoms with E-state index in [9.17, 15) is 4.57 Å². The SMILES string of the molecule is O=[P+](O)[CH-]Cc1ccccc1.[CH2-]C.[Zn+2]. The Bertz CT molecular complexity index is 239. The first-order chi connectivity index (χ1) is 6.29. The maximum Gasteiger partial charge on any atom is 2.00 e. The summed E-state index contributed by atoms with van der Waals surface area (Å²) < 4.78 is 10.3. The van der Waals surface area contributed by atoms with Crippen LogP contribution in [-0.4, -0.2) is 4.89 Å². The number of rotatable bonds is 3. The van der Waals surface area contributed by atoms with Crippen molar-refractivity contribution < 1.29 is 28.9 Å². The minimum atomic E-state index is -2.10. The number of benzene rings is 1. The predicted molar refractivity (Wildman–Crippen MR) is 55.3 cm³/mol. The molecule has 0 saturated heterocycles. The van der Waals surface area contributed by atoms with Gasteiger partial charge in [-0.25, -0.2) is 0 Å². The quantitative estimate of drug-likeness (QED) is 0.517. The van der Waals surface area contributed by atoms with Crippen molar-refractivity contribution in [3.8, 4) is 0 Å². The number of hydrogen-bond acceptors (Lipinski definition) is 1. The zero-order valence-corrected chi connectivity index (χ0v) is 12.2. The summed E-state index contributed by atoms with van der Waals surface area (Å²) in [5.41, 5.74) is 1.06. The molecule has 0 heterocycles. The van der Waals surface area contributed by atoms with Gasteiger partial charge in [0, 0.05) is 0 Å². The van der Waals surface area contributed by atoms with Gasteiger partial charge in [0.2, 0.25) is 0 Å². The van der Waals surface area contributed by atoms with E-state index in [-0.39, 0.29) is 19.5 Å². The molecule has 1 N–H and O–H groups in total. The van der Waals surface area contributed by atoms with Crippen molar-refractivity contribution in [1.82, 2.24) is 0 Å². The smallest absolute Gasteiger partial charge is 0.346 e. The molecular weight excluding hydrogens is 248 g/mol. The van der Waals surface area contributed by atoms with Gasteiger partial charge >= 0.3 is 27.5 Å². The van der Waals surface area contributed by atoms with E-state index < -0.39 is 8.03 Å². The third-order valence-electron chi connectivity index (χ3n) is 1.33. The summed E-state index contributed by atoms with van der Waals surface area (Å²) in [6.07, 6.45) is 1.96. The van der Waals surface area contributed by atoms with Gasteiger partial charge in [0.1, 0.15) is 0 Å². The van der Waals surface area contributed by atoms with Crippen LogP contribution in [0.4, 0.5) is 0 Å². The van der Waals surface area contributed by atoms with Crippen LogP contribution in [0.3, 0.4) is 0 Å². The summed E-state index contributed by atoms with van der Waals surface area (Å²) in [6, 6.07) is 9.59. The third-order valence-corrected chi connectivity index (χ3v) is 1.82. The fourth-order valence-corrected chi connectivity index (χ4v) is 1.16. The third kappa shape index (κ3) is 8.50. The van der Waals surface area contributed by atoms with Crippen LogP contribution < -0.4 is 0 Å². The fourth-order valence-electron chi connectivity index (χ4n) is 0.798. The van der Waals surface area contributed by atoms with Crippen molar-refractivity contribution in [2.24, 2.45) is 0 Å². The molecule has 0 amide bonds. The molecular formula is C10H14O2PZn+. The minimum Gasteiger partial charge on any atom is -0.346 e. The zero-order valence-electron chi connectivity index (χ0n) is 8.39. The van der Waals surface area contributed by atoms with Crippen molar-refractivity contribution >= 4 is 8.03 Å². The summed E-state index contributed by atoms with van der Waals surface area (Å²) in [5, 5.41) is 0. The maximum atomic E-state index is 10.3. The second-order valence-corrected chi connectivity index (χ2v) is 3.15. The van der Waals surface area contributed by atoms with Gasteiger partial charge in [-0.05, 0) is 6.16 Å². The Labute approximate surface area is 99.4 Å². The van der Waals surface area contributed by atoms with Gasteiger partial charge in [0.25, 0.3) is 0 Å². The molecule has 1 aromatic rings. The van der Waals surface area contributed by atoms with E-state index in [4.69, 9.17) is 4.89 Å². The Morgan fingerprint density at radius 2 is 1.86 bits per heavy atom. The summed E-state index contributed by atoms with van der Waals surface area (Å²) in [7, 11) is -2.10. The second-order valence-electron chi connectivity index (χ2n) is 2.17. The summed E-state index contributed by atoms with van der Waals surface area (Å²) >= 11 is 0. The second kappa shape index (κ2) is 11.0. The summed E-state index contributed by atoms with van der Waals surface area (Å²) in [6.45, 7) is 5.00. The monoisotopic (exact) mass is 261 g/mol. The first-order valence-corrected chi connectivity index (χ1v) is 5.30. The van der Waals surface area contributed by atoms with Crippen LogP contribution in [0, 0.1) is 13.1 Å². The fraction of sp³-hybridized carbons (Fsp3) is 0.200. The van der Waals surface area contributed by atoms with E-state index in [0.717, 1.165) is 5.56 Å². The molecule has 0 bridgehead atoms. The van der Waals surface area contributed by atoms with Crippen LogP contribution >= 0.6 is 8.03 Å². The minimum absolute atomic E-state index is 0. The predicted octanol–water partition coefficient (Wildman–Crippen LogP) is 2.96. The zero-order chi connectivity index (χ0) is 10.1. The molecule has 1 aromatic carbocycles. The Morgan fingerprint density at radius 3 is 2.29 bits per heavy atom. The van der Waals surface area contributed by atoms with Gasteiger partial charge in [0.05, 0.1) is 0 Å². The molecule has 0 aliphatic carbocycles. The molecule has 0 fully saturated rings. The molecule has 4 heteroatoms.